The van der Waals surface area contributed by atoms with Gasteiger partial charge in [0.2, 0.25) is 0 Å². The summed E-state index contributed by atoms with van der Waals surface area (Å²) in [5.74, 6) is 1.49. The van der Waals surface area contributed by atoms with Gasteiger partial charge < -0.3 is 21.5 Å². The normalized spacial score (nSPS) is 12.0. The Morgan fingerprint density at radius 1 is 0.938 bits per heavy atom. The highest BCUT2D eigenvalue weighted by molar-refractivity contribution is 5.89. The number of nitrogens with one attached hydrogen (secondary N) is 1. The average molecular weight is 213 g/mol. The number of ether oxygens (including phenoxy) is 1. The summed E-state index contributed by atoms with van der Waals surface area (Å²) >= 11 is 0. The first-order chi connectivity index (χ1) is 7.75. The third-order valence-corrected chi connectivity index (χ3v) is 2.61. The van der Waals surface area contributed by atoms with E-state index in [1.807, 2.05) is 30.3 Å². The summed E-state index contributed by atoms with van der Waals surface area (Å²) in [6.45, 7) is 0. The van der Waals surface area contributed by atoms with E-state index in [1.54, 1.807) is 6.07 Å². The second-order valence-corrected chi connectivity index (χ2v) is 3.66. The van der Waals surface area contributed by atoms with Gasteiger partial charge in [0, 0.05) is 0 Å². The van der Waals surface area contributed by atoms with Crippen molar-refractivity contribution >= 4 is 22.7 Å². The van der Waals surface area contributed by atoms with Crippen molar-refractivity contribution in [1.82, 2.24) is 0 Å². The molecule has 3 rings (SSSR count). The smallest absolute Gasteiger partial charge is 0.153 e. The Balaban J connectivity index is 2.16. The molecule has 5 N–H and O–H groups in total. The molecule has 0 aliphatic carbocycles. The first kappa shape index (κ1) is 8.91. The van der Waals surface area contributed by atoms with Gasteiger partial charge in [-0.15, -0.1) is 0 Å². The van der Waals surface area contributed by atoms with E-state index in [9.17, 15) is 0 Å². The Bertz CT molecular complexity index is 566. The molecule has 2 aromatic rings. The van der Waals surface area contributed by atoms with Crippen LogP contribution in [0.4, 0.5) is 22.7 Å². The van der Waals surface area contributed by atoms with Gasteiger partial charge in [0.15, 0.2) is 11.5 Å². The Morgan fingerprint density at radius 2 is 1.75 bits per heavy atom. The lowest BCUT2D eigenvalue weighted by atomic mass is 10.1. The zero-order chi connectivity index (χ0) is 11.1. The van der Waals surface area contributed by atoms with Crippen LogP contribution in [0.1, 0.15) is 0 Å². The van der Waals surface area contributed by atoms with Crippen LogP contribution in [0.2, 0.25) is 0 Å². The van der Waals surface area contributed by atoms with Crippen LogP contribution in [0, 0.1) is 0 Å². The third kappa shape index (κ3) is 1.16. The van der Waals surface area contributed by atoms with Gasteiger partial charge in [0.1, 0.15) is 5.69 Å². The Kier molecular flexibility index (Phi) is 1.71. The van der Waals surface area contributed by atoms with Crippen molar-refractivity contribution in [3.8, 4) is 11.5 Å². The molecule has 0 fully saturated rings. The fourth-order valence-electron chi connectivity index (χ4n) is 1.74. The zero-order valence-electron chi connectivity index (χ0n) is 8.53. The van der Waals surface area contributed by atoms with E-state index < -0.39 is 0 Å². The molecule has 4 heteroatoms. The first-order valence-corrected chi connectivity index (χ1v) is 4.97. The van der Waals surface area contributed by atoms with Crippen molar-refractivity contribution in [2.45, 2.75) is 0 Å². The zero-order valence-corrected chi connectivity index (χ0v) is 8.53. The van der Waals surface area contributed by atoms with E-state index in [2.05, 4.69) is 5.32 Å². The van der Waals surface area contributed by atoms with Crippen molar-refractivity contribution in [2.24, 2.45) is 0 Å². The summed E-state index contributed by atoms with van der Waals surface area (Å²) in [4.78, 5) is 0. The number of anilines is 4. The van der Waals surface area contributed by atoms with Gasteiger partial charge in [-0.2, -0.15) is 0 Å². The number of benzene rings is 2. The lowest BCUT2D eigenvalue weighted by molar-refractivity contribution is 0.481. The van der Waals surface area contributed by atoms with Gasteiger partial charge in [0.05, 0.1) is 17.1 Å². The number of rotatable bonds is 0. The van der Waals surface area contributed by atoms with E-state index >= 15 is 0 Å². The van der Waals surface area contributed by atoms with E-state index in [-0.39, 0.29) is 0 Å². The number of nitrogens with two attached hydrogens (primary N) is 2. The van der Waals surface area contributed by atoms with Crippen molar-refractivity contribution in [2.75, 3.05) is 16.8 Å². The third-order valence-electron chi connectivity index (χ3n) is 2.61. The lowest BCUT2D eigenvalue weighted by Crippen LogP contribution is -2.07. The maximum atomic E-state index is 5.89. The molecule has 0 bridgehead atoms. The number of hydrogen-bond acceptors (Lipinski definition) is 4. The van der Waals surface area contributed by atoms with Crippen molar-refractivity contribution in [3.05, 3.63) is 36.4 Å². The summed E-state index contributed by atoms with van der Waals surface area (Å²) in [7, 11) is 0. The molecule has 0 unspecified atom stereocenters. The summed E-state index contributed by atoms with van der Waals surface area (Å²) in [5.41, 5.74) is 14.3. The van der Waals surface area contributed by atoms with Gasteiger partial charge in [-0.25, -0.2) is 0 Å². The second-order valence-electron chi connectivity index (χ2n) is 3.66. The molecule has 0 saturated carbocycles. The summed E-state index contributed by atoms with van der Waals surface area (Å²) in [6.07, 6.45) is 0. The number of nitrogen functional groups attached to an aromatic ring is 2. The maximum Gasteiger partial charge on any atom is 0.153 e. The molecule has 2 aromatic carbocycles. The molecule has 1 aliphatic heterocycles. The summed E-state index contributed by atoms with van der Waals surface area (Å²) < 4.78 is 5.72. The molecule has 80 valence electrons. The van der Waals surface area contributed by atoms with Crippen LogP contribution in [0.5, 0.6) is 11.5 Å². The van der Waals surface area contributed by atoms with Crippen LogP contribution >= 0.6 is 0 Å². The highest BCUT2D eigenvalue weighted by Crippen LogP contribution is 2.45. The van der Waals surface area contributed by atoms with Crippen LogP contribution in [-0.2, 0) is 0 Å². The van der Waals surface area contributed by atoms with Gasteiger partial charge in [-0.1, -0.05) is 12.1 Å². The molecule has 0 atom stereocenters. The van der Waals surface area contributed by atoms with Crippen molar-refractivity contribution < 1.29 is 4.74 Å². The molecule has 1 aliphatic rings. The second kappa shape index (κ2) is 3.06. The highest BCUT2D eigenvalue weighted by atomic mass is 16.5. The fourth-order valence-corrected chi connectivity index (χ4v) is 1.74. The largest absolute Gasteiger partial charge is 0.453 e. The molecule has 0 amide bonds. The topological polar surface area (TPSA) is 73.3 Å². The standard InChI is InChI=1S/C12H11N3O/c13-7-5-6-10-12(11(7)14)15-8-3-1-2-4-9(8)16-10/h1-6,15H,13-14H2. The van der Waals surface area contributed by atoms with E-state index in [0.29, 0.717) is 17.1 Å². The monoisotopic (exact) mass is 213 g/mol. The summed E-state index contributed by atoms with van der Waals surface area (Å²) in [6, 6.07) is 11.2. The van der Waals surface area contributed by atoms with Crippen LogP contribution in [-0.4, -0.2) is 0 Å². The first-order valence-electron chi connectivity index (χ1n) is 4.97. The van der Waals surface area contributed by atoms with Crippen LogP contribution < -0.4 is 21.5 Å². The number of fused-ring (bicyclic) bond motifs is 2. The van der Waals surface area contributed by atoms with Gasteiger partial charge in [0.25, 0.3) is 0 Å². The van der Waals surface area contributed by atoms with E-state index in [4.69, 9.17) is 16.2 Å². The quantitative estimate of drug-likeness (QED) is 0.502. The van der Waals surface area contributed by atoms with Gasteiger partial charge in [-0.05, 0) is 24.3 Å². The van der Waals surface area contributed by atoms with E-state index in [0.717, 1.165) is 17.1 Å². The van der Waals surface area contributed by atoms with Crippen LogP contribution in [0.25, 0.3) is 0 Å². The molecular weight excluding hydrogens is 202 g/mol. The maximum absolute atomic E-state index is 5.89. The molecule has 0 aromatic heterocycles. The van der Waals surface area contributed by atoms with Gasteiger partial charge >= 0.3 is 0 Å². The number of para-hydroxylation sites is 2. The highest BCUT2D eigenvalue weighted by Gasteiger charge is 2.18. The minimum atomic E-state index is 0.520. The molecular formula is C12H11N3O. The minimum absolute atomic E-state index is 0.520. The van der Waals surface area contributed by atoms with Crippen molar-refractivity contribution in [3.63, 3.8) is 0 Å². The molecule has 4 nitrogen and oxygen atoms in total. The minimum Gasteiger partial charge on any atom is -0.453 e. The molecule has 1 heterocycles. The molecule has 0 radical (unpaired) electrons. The SMILES string of the molecule is Nc1ccc2c(c1N)Nc1ccccc1O2. The predicted molar refractivity (Wildman–Crippen MR) is 65.1 cm³/mol. The summed E-state index contributed by atoms with van der Waals surface area (Å²) in [5, 5.41) is 3.22. The lowest BCUT2D eigenvalue weighted by Gasteiger charge is -2.23. The Labute approximate surface area is 92.8 Å². The Morgan fingerprint density at radius 3 is 2.62 bits per heavy atom. The van der Waals surface area contributed by atoms with Crippen molar-refractivity contribution in [1.29, 1.82) is 0 Å². The van der Waals surface area contributed by atoms with E-state index in [1.165, 1.54) is 0 Å². The fraction of sp³-hybridized carbons (Fsp3) is 0. The van der Waals surface area contributed by atoms with Crippen LogP contribution in [0.15, 0.2) is 36.4 Å². The van der Waals surface area contributed by atoms with Crippen LogP contribution in [0.3, 0.4) is 0 Å². The van der Waals surface area contributed by atoms with Gasteiger partial charge in [-0.3, -0.25) is 0 Å². The molecule has 0 spiro atoms. The average Bonchev–Trinajstić information content (AvgIpc) is 2.32. The molecule has 0 saturated heterocycles. The predicted octanol–water partition coefficient (Wildman–Crippen LogP) is 2.70. The Hall–Kier alpha value is -2.36. The molecule has 16 heavy (non-hydrogen) atoms. The number of hydrogen-bond donors (Lipinski definition) is 3.